The summed E-state index contributed by atoms with van der Waals surface area (Å²) < 4.78 is 31.6. The van der Waals surface area contributed by atoms with Crippen LogP contribution in [0.4, 0.5) is 0 Å². The number of allylic oxidation sites excluding steroid dienone is 1. The van der Waals surface area contributed by atoms with Crippen molar-refractivity contribution in [3.05, 3.63) is 64.6 Å². The van der Waals surface area contributed by atoms with E-state index < -0.39 is 27.6 Å². The van der Waals surface area contributed by atoms with Crippen LogP contribution >= 0.6 is 0 Å². The molecule has 0 amide bonds. The Morgan fingerprint density at radius 2 is 1.78 bits per heavy atom. The van der Waals surface area contributed by atoms with Crippen LogP contribution in [-0.4, -0.2) is 32.3 Å². The summed E-state index contributed by atoms with van der Waals surface area (Å²) in [5.74, 6) is -2.13. The lowest BCUT2D eigenvalue weighted by atomic mass is 9.80. The summed E-state index contributed by atoms with van der Waals surface area (Å²) in [5.41, 5.74) is 2.01. The van der Waals surface area contributed by atoms with Crippen LogP contribution < -0.4 is 0 Å². The van der Waals surface area contributed by atoms with E-state index in [0.29, 0.717) is 22.5 Å². The minimum atomic E-state index is -3.81. The smallest absolute Gasteiger partial charge is 0.315 e. The molecule has 6 nitrogen and oxygen atoms in total. The molecule has 2 aliphatic heterocycles. The Kier molecular flexibility index (Phi) is 3.92. The molecule has 7 heteroatoms. The number of aromatic hydroxyl groups is 1. The zero-order chi connectivity index (χ0) is 19.3. The second-order valence-corrected chi connectivity index (χ2v) is 8.42. The van der Waals surface area contributed by atoms with Crippen molar-refractivity contribution in [2.45, 2.75) is 17.7 Å². The highest BCUT2D eigenvalue weighted by molar-refractivity contribution is 7.96. The summed E-state index contributed by atoms with van der Waals surface area (Å²) in [6.45, 7) is 1.70. The molecule has 0 spiro atoms. The SMILES string of the molecule is COC(=O)C1C(C)=NC2=C([C@H]1c1ccc(O)cc1)S(=O)(=O)c1ccccc12. The van der Waals surface area contributed by atoms with Crippen LogP contribution in [0.1, 0.15) is 24.0 Å². The van der Waals surface area contributed by atoms with Gasteiger partial charge in [-0.25, -0.2) is 8.42 Å². The van der Waals surface area contributed by atoms with Gasteiger partial charge in [0.1, 0.15) is 11.7 Å². The van der Waals surface area contributed by atoms with Gasteiger partial charge in [0, 0.05) is 17.2 Å². The molecule has 27 heavy (non-hydrogen) atoms. The van der Waals surface area contributed by atoms with E-state index in [1.807, 2.05) is 0 Å². The molecular formula is C20H17NO5S. The molecule has 2 aliphatic rings. The molecule has 1 unspecified atom stereocenters. The van der Waals surface area contributed by atoms with Gasteiger partial charge < -0.3 is 9.84 Å². The molecule has 2 atom stereocenters. The number of sulfone groups is 1. The molecule has 2 aromatic rings. The number of carbonyl (C=O) groups excluding carboxylic acids is 1. The van der Waals surface area contributed by atoms with Crippen molar-refractivity contribution in [1.29, 1.82) is 0 Å². The zero-order valence-electron chi connectivity index (χ0n) is 14.7. The molecule has 4 rings (SSSR count). The van der Waals surface area contributed by atoms with Gasteiger partial charge >= 0.3 is 5.97 Å². The van der Waals surface area contributed by atoms with E-state index >= 15 is 0 Å². The average molecular weight is 383 g/mol. The number of fused-ring (bicyclic) bond motifs is 2. The van der Waals surface area contributed by atoms with Gasteiger partial charge in [0.25, 0.3) is 0 Å². The van der Waals surface area contributed by atoms with Crippen LogP contribution in [0, 0.1) is 5.92 Å². The van der Waals surface area contributed by atoms with Crippen LogP contribution in [0.15, 0.2) is 63.3 Å². The van der Waals surface area contributed by atoms with Crippen molar-refractivity contribution in [2.24, 2.45) is 10.9 Å². The molecule has 0 aromatic heterocycles. The molecule has 0 bridgehead atoms. The minimum Gasteiger partial charge on any atom is -0.508 e. The van der Waals surface area contributed by atoms with Crippen molar-refractivity contribution in [2.75, 3.05) is 7.11 Å². The zero-order valence-corrected chi connectivity index (χ0v) is 15.5. The van der Waals surface area contributed by atoms with Crippen LogP contribution in [0.2, 0.25) is 0 Å². The minimum absolute atomic E-state index is 0.0568. The van der Waals surface area contributed by atoms with Crippen molar-refractivity contribution in [3.63, 3.8) is 0 Å². The lowest BCUT2D eigenvalue weighted by Gasteiger charge is -2.30. The molecule has 0 radical (unpaired) electrons. The number of benzene rings is 2. The van der Waals surface area contributed by atoms with Gasteiger partial charge in [-0.15, -0.1) is 0 Å². The molecule has 1 N–H and O–H groups in total. The molecule has 0 saturated carbocycles. The number of esters is 1. The Morgan fingerprint density at radius 1 is 1.11 bits per heavy atom. The summed E-state index contributed by atoms with van der Waals surface area (Å²) in [4.78, 5) is 17.3. The van der Waals surface area contributed by atoms with Crippen molar-refractivity contribution < 1.29 is 23.1 Å². The molecule has 0 aliphatic carbocycles. The highest BCUT2D eigenvalue weighted by Gasteiger charge is 2.49. The number of hydrogen-bond acceptors (Lipinski definition) is 6. The van der Waals surface area contributed by atoms with Crippen LogP contribution in [0.3, 0.4) is 0 Å². The molecule has 2 aromatic carbocycles. The van der Waals surface area contributed by atoms with Gasteiger partial charge in [-0.2, -0.15) is 0 Å². The predicted octanol–water partition coefficient (Wildman–Crippen LogP) is 2.90. The first-order chi connectivity index (χ1) is 12.9. The maximum Gasteiger partial charge on any atom is 0.315 e. The third-order valence-corrected chi connectivity index (χ3v) is 6.98. The summed E-state index contributed by atoms with van der Waals surface area (Å²) in [5, 5.41) is 9.61. The number of rotatable bonds is 2. The maximum absolute atomic E-state index is 13.3. The van der Waals surface area contributed by atoms with Gasteiger partial charge in [0.15, 0.2) is 0 Å². The van der Waals surface area contributed by atoms with E-state index in [9.17, 15) is 18.3 Å². The first-order valence-electron chi connectivity index (χ1n) is 8.37. The van der Waals surface area contributed by atoms with Gasteiger partial charge in [-0.05, 0) is 30.7 Å². The van der Waals surface area contributed by atoms with Crippen LogP contribution in [0.5, 0.6) is 5.75 Å². The Morgan fingerprint density at radius 3 is 2.44 bits per heavy atom. The number of methoxy groups -OCH3 is 1. The normalized spacial score (nSPS) is 22.7. The second kappa shape index (κ2) is 6.06. The number of hydrogen-bond donors (Lipinski definition) is 1. The number of aliphatic imine (C=N–C) groups is 1. The maximum atomic E-state index is 13.3. The van der Waals surface area contributed by atoms with Crippen LogP contribution in [0.25, 0.3) is 5.70 Å². The Bertz CT molecular complexity index is 1110. The molecular weight excluding hydrogens is 366 g/mol. The topological polar surface area (TPSA) is 93.0 Å². The van der Waals surface area contributed by atoms with E-state index in [1.54, 1.807) is 43.3 Å². The fourth-order valence-electron chi connectivity index (χ4n) is 3.80. The highest BCUT2D eigenvalue weighted by Crippen LogP contribution is 2.51. The summed E-state index contributed by atoms with van der Waals surface area (Å²) in [6, 6.07) is 12.9. The predicted molar refractivity (Wildman–Crippen MR) is 100 cm³/mol. The molecule has 0 fully saturated rings. The van der Waals surface area contributed by atoms with Crippen molar-refractivity contribution in [3.8, 4) is 5.75 Å². The van der Waals surface area contributed by atoms with Gasteiger partial charge in [0.2, 0.25) is 9.84 Å². The number of nitrogens with zero attached hydrogens (tertiary/aromatic N) is 1. The highest BCUT2D eigenvalue weighted by atomic mass is 32.2. The quantitative estimate of drug-likeness (QED) is 0.805. The largest absolute Gasteiger partial charge is 0.508 e. The molecule has 138 valence electrons. The fourth-order valence-corrected chi connectivity index (χ4v) is 5.77. The number of carbonyl (C=O) groups is 1. The van der Waals surface area contributed by atoms with Crippen molar-refractivity contribution in [1.82, 2.24) is 0 Å². The summed E-state index contributed by atoms with van der Waals surface area (Å²) >= 11 is 0. The number of phenols is 1. The Balaban J connectivity index is 2.02. The third kappa shape index (κ3) is 2.49. The monoisotopic (exact) mass is 383 g/mol. The van der Waals surface area contributed by atoms with E-state index in [-0.39, 0.29) is 15.6 Å². The molecule has 2 heterocycles. The van der Waals surface area contributed by atoms with E-state index in [0.717, 1.165) is 0 Å². The summed E-state index contributed by atoms with van der Waals surface area (Å²) in [6.07, 6.45) is 0. The number of phenolic OH excluding ortho intramolecular Hbond substituents is 1. The first kappa shape index (κ1) is 17.5. The lowest BCUT2D eigenvalue weighted by Crippen LogP contribution is -2.34. The van der Waals surface area contributed by atoms with E-state index in [2.05, 4.69) is 4.99 Å². The molecule has 0 saturated heterocycles. The van der Waals surface area contributed by atoms with Gasteiger partial charge in [-0.3, -0.25) is 9.79 Å². The average Bonchev–Trinajstić information content (AvgIpc) is 2.88. The van der Waals surface area contributed by atoms with Crippen molar-refractivity contribution >= 4 is 27.2 Å². The van der Waals surface area contributed by atoms with E-state index in [4.69, 9.17) is 4.74 Å². The van der Waals surface area contributed by atoms with Gasteiger partial charge in [0.05, 0.1) is 22.6 Å². The Labute approximate surface area is 156 Å². The third-order valence-electron chi connectivity index (χ3n) is 5.02. The summed E-state index contributed by atoms with van der Waals surface area (Å²) in [7, 11) is -2.54. The van der Waals surface area contributed by atoms with Gasteiger partial charge in [-0.1, -0.05) is 30.3 Å². The first-order valence-corrected chi connectivity index (χ1v) is 9.85. The van der Waals surface area contributed by atoms with E-state index in [1.165, 1.54) is 19.2 Å². The second-order valence-electron chi connectivity index (χ2n) is 6.54. The Hall–Kier alpha value is -2.93. The lowest BCUT2D eigenvalue weighted by molar-refractivity contribution is -0.143. The fraction of sp³-hybridized carbons (Fsp3) is 0.200. The number of ether oxygens (including phenoxy) is 1. The van der Waals surface area contributed by atoms with Crippen LogP contribution in [-0.2, 0) is 19.4 Å². The standard InChI is InChI=1S/C20H17NO5S/c1-11-16(20(23)26-2)17(12-7-9-13(22)10-8-12)19-18(21-11)14-5-3-4-6-15(14)27(19,24)25/h3-10,16-17,22H,1-2H3/t16?,17-/m0/s1.